The number of anilines is 1. The summed E-state index contributed by atoms with van der Waals surface area (Å²) in [6.07, 6.45) is 2.07. The van der Waals surface area contributed by atoms with E-state index < -0.39 is 0 Å². The molecule has 0 amide bonds. The van der Waals surface area contributed by atoms with Crippen LogP contribution < -0.4 is 15.4 Å². The molecule has 1 aromatic carbocycles. The van der Waals surface area contributed by atoms with Crippen molar-refractivity contribution < 1.29 is 9.66 Å². The number of methoxy groups -OCH3 is 1. The minimum atomic E-state index is -0.372. The Labute approximate surface area is 112 Å². The number of nitrogens with one attached hydrogen (secondary N) is 2. The smallest absolute Gasteiger partial charge is 0.292 e. The van der Waals surface area contributed by atoms with Gasteiger partial charge in [0.1, 0.15) is 11.4 Å². The summed E-state index contributed by atoms with van der Waals surface area (Å²) < 4.78 is 5.13. The number of hydrogen-bond acceptors (Lipinski definition) is 5. The van der Waals surface area contributed by atoms with Crippen molar-refractivity contribution in [3.63, 3.8) is 0 Å². The van der Waals surface area contributed by atoms with Gasteiger partial charge in [-0.1, -0.05) is 0 Å². The molecule has 0 bridgehead atoms. The number of hydrogen-bond donors (Lipinski definition) is 2. The van der Waals surface area contributed by atoms with Gasteiger partial charge in [-0.15, -0.1) is 0 Å². The zero-order chi connectivity index (χ0) is 13.8. The summed E-state index contributed by atoms with van der Waals surface area (Å²) in [5.41, 5.74) is 0.600. The van der Waals surface area contributed by atoms with Gasteiger partial charge in [0.05, 0.1) is 12.0 Å². The van der Waals surface area contributed by atoms with Crippen LogP contribution in [0.5, 0.6) is 5.75 Å². The van der Waals surface area contributed by atoms with E-state index in [1.54, 1.807) is 19.2 Å². The van der Waals surface area contributed by atoms with Crippen molar-refractivity contribution in [1.29, 1.82) is 0 Å². The first-order valence-corrected chi connectivity index (χ1v) is 6.44. The minimum absolute atomic E-state index is 0.0820. The highest BCUT2D eigenvalue weighted by molar-refractivity contribution is 5.64. The molecular formula is C13H19N3O3. The number of nitro groups is 1. The summed E-state index contributed by atoms with van der Waals surface area (Å²) in [4.78, 5) is 10.7. The predicted octanol–water partition coefficient (Wildman–Crippen LogP) is 2.16. The quantitative estimate of drug-likeness (QED) is 0.644. The maximum atomic E-state index is 11.1. The van der Waals surface area contributed by atoms with Crippen molar-refractivity contribution in [2.45, 2.75) is 31.8 Å². The van der Waals surface area contributed by atoms with Crippen LogP contribution >= 0.6 is 0 Å². The van der Waals surface area contributed by atoms with Gasteiger partial charge >= 0.3 is 0 Å². The molecule has 2 N–H and O–H groups in total. The van der Waals surface area contributed by atoms with Crippen molar-refractivity contribution in [3.8, 4) is 5.75 Å². The summed E-state index contributed by atoms with van der Waals surface area (Å²) in [6, 6.07) is 5.24. The Morgan fingerprint density at radius 1 is 1.53 bits per heavy atom. The van der Waals surface area contributed by atoms with E-state index in [0.29, 0.717) is 17.5 Å². The fraction of sp³-hybridized carbons (Fsp3) is 0.538. The van der Waals surface area contributed by atoms with Crippen LogP contribution in [-0.4, -0.2) is 30.7 Å². The van der Waals surface area contributed by atoms with Crippen molar-refractivity contribution in [2.24, 2.45) is 0 Å². The molecule has 6 nitrogen and oxygen atoms in total. The second kappa shape index (κ2) is 5.88. The standard InChI is InChI=1S/C13H19N3O3/c1-9-11(4-3-7-14-9)15-12-8-10(19-2)5-6-13(12)16(17)18/h5-6,8-9,11,14-15H,3-4,7H2,1-2H3. The van der Waals surface area contributed by atoms with E-state index in [1.165, 1.54) is 6.07 Å². The van der Waals surface area contributed by atoms with E-state index in [-0.39, 0.29) is 16.7 Å². The Bertz CT molecular complexity index is 464. The third-order valence-electron chi connectivity index (χ3n) is 3.50. The van der Waals surface area contributed by atoms with Gasteiger partial charge in [0.15, 0.2) is 0 Å². The molecule has 1 aromatic rings. The third kappa shape index (κ3) is 3.14. The summed E-state index contributed by atoms with van der Waals surface area (Å²) in [6.45, 7) is 3.09. The van der Waals surface area contributed by atoms with E-state index >= 15 is 0 Å². The monoisotopic (exact) mass is 265 g/mol. The van der Waals surface area contributed by atoms with Gasteiger partial charge < -0.3 is 15.4 Å². The number of nitrogens with zero attached hydrogens (tertiary/aromatic N) is 1. The molecule has 1 fully saturated rings. The largest absolute Gasteiger partial charge is 0.497 e. The molecule has 0 aliphatic carbocycles. The second-order valence-electron chi connectivity index (χ2n) is 4.78. The molecular weight excluding hydrogens is 246 g/mol. The van der Waals surface area contributed by atoms with Gasteiger partial charge in [0.2, 0.25) is 0 Å². The average Bonchev–Trinajstić information content (AvgIpc) is 2.41. The van der Waals surface area contributed by atoms with Crippen molar-refractivity contribution in [2.75, 3.05) is 19.0 Å². The Morgan fingerprint density at radius 3 is 2.95 bits per heavy atom. The zero-order valence-corrected chi connectivity index (χ0v) is 11.2. The maximum Gasteiger partial charge on any atom is 0.292 e. The molecule has 19 heavy (non-hydrogen) atoms. The van der Waals surface area contributed by atoms with Crippen LogP contribution in [0.4, 0.5) is 11.4 Å². The Balaban J connectivity index is 2.23. The lowest BCUT2D eigenvalue weighted by molar-refractivity contribution is -0.384. The van der Waals surface area contributed by atoms with Gasteiger partial charge in [-0.2, -0.15) is 0 Å². The molecule has 0 spiro atoms. The van der Waals surface area contributed by atoms with Gasteiger partial charge in [-0.25, -0.2) is 0 Å². The van der Waals surface area contributed by atoms with Crippen molar-refractivity contribution in [1.82, 2.24) is 5.32 Å². The molecule has 2 atom stereocenters. The Morgan fingerprint density at radius 2 is 2.32 bits per heavy atom. The van der Waals surface area contributed by atoms with E-state index in [1.807, 2.05) is 0 Å². The van der Waals surface area contributed by atoms with E-state index in [4.69, 9.17) is 4.74 Å². The van der Waals surface area contributed by atoms with Crippen LogP contribution in [0.2, 0.25) is 0 Å². The Hall–Kier alpha value is -1.82. The van der Waals surface area contributed by atoms with E-state index in [2.05, 4.69) is 17.6 Å². The fourth-order valence-electron chi connectivity index (χ4n) is 2.36. The molecule has 2 rings (SSSR count). The number of piperidine rings is 1. The highest BCUT2D eigenvalue weighted by atomic mass is 16.6. The first-order valence-electron chi connectivity index (χ1n) is 6.44. The fourth-order valence-corrected chi connectivity index (χ4v) is 2.36. The van der Waals surface area contributed by atoms with Gasteiger partial charge in [-0.05, 0) is 32.4 Å². The maximum absolute atomic E-state index is 11.1. The lowest BCUT2D eigenvalue weighted by atomic mass is 9.99. The van der Waals surface area contributed by atoms with Crippen LogP contribution in [0.15, 0.2) is 18.2 Å². The van der Waals surface area contributed by atoms with Crippen LogP contribution in [0, 0.1) is 10.1 Å². The molecule has 1 aliphatic heterocycles. The molecule has 0 radical (unpaired) electrons. The molecule has 1 aliphatic rings. The zero-order valence-electron chi connectivity index (χ0n) is 11.2. The summed E-state index contributed by atoms with van der Waals surface area (Å²) in [5, 5.41) is 17.7. The summed E-state index contributed by atoms with van der Waals surface area (Å²) >= 11 is 0. The van der Waals surface area contributed by atoms with Gasteiger partial charge in [0.25, 0.3) is 5.69 Å². The number of benzene rings is 1. The lowest BCUT2D eigenvalue weighted by Gasteiger charge is -2.31. The highest BCUT2D eigenvalue weighted by Gasteiger charge is 2.24. The van der Waals surface area contributed by atoms with Crippen LogP contribution in [0.25, 0.3) is 0 Å². The topological polar surface area (TPSA) is 76.4 Å². The third-order valence-corrected chi connectivity index (χ3v) is 3.50. The predicted molar refractivity (Wildman–Crippen MR) is 73.8 cm³/mol. The lowest BCUT2D eigenvalue weighted by Crippen LogP contribution is -2.46. The first kappa shape index (κ1) is 13.6. The Kier molecular flexibility index (Phi) is 4.21. The molecule has 6 heteroatoms. The summed E-state index contributed by atoms with van der Waals surface area (Å²) in [7, 11) is 1.55. The molecule has 1 heterocycles. The molecule has 1 saturated heterocycles. The van der Waals surface area contributed by atoms with Crippen molar-refractivity contribution in [3.05, 3.63) is 28.3 Å². The SMILES string of the molecule is COc1ccc([N+](=O)[O-])c(NC2CCCNC2C)c1. The molecule has 0 aromatic heterocycles. The second-order valence-corrected chi connectivity index (χ2v) is 4.78. The average molecular weight is 265 g/mol. The molecule has 104 valence electrons. The van der Waals surface area contributed by atoms with Crippen molar-refractivity contribution >= 4 is 11.4 Å². The normalized spacial score (nSPS) is 22.8. The van der Waals surface area contributed by atoms with Crippen LogP contribution in [-0.2, 0) is 0 Å². The first-order chi connectivity index (χ1) is 9.11. The van der Waals surface area contributed by atoms with Gasteiger partial charge in [0, 0.05) is 24.2 Å². The van der Waals surface area contributed by atoms with Crippen LogP contribution in [0.3, 0.4) is 0 Å². The number of nitro benzene ring substituents is 1. The van der Waals surface area contributed by atoms with Gasteiger partial charge in [-0.3, -0.25) is 10.1 Å². The van der Waals surface area contributed by atoms with E-state index in [0.717, 1.165) is 19.4 Å². The van der Waals surface area contributed by atoms with E-state index in [9.17, 15) is 10.1 Å². The molecule has 2 unspecified atom stereocenters. The highest BCUT2D eigenvalue weighted by Crippen LogP contribution is 2.30. The number of rotatable bonds is 4. The molecule has 0 saturated carbocycles. The number of ether oxygens (including phenoxy) is 1. The van der Waals surface area contributed by atoms with Crippen LogP contribution in [0.1, 0.15) is 19.8 Å². The summed E-state index contributed by atoms with van der Waals surface area (Å²) in [5.74, 6) is 0.615. The minimum Gasteiger partial charge on any atom is -0.497 e.